The predicted octanol–water partition coefficient (Wildman–Crippen LogP) is 2.36. The van der Waals surface area contributed by atoms with Crippen molar-refractivity contribution in [3.63, 3.8) is 0 Å². The Hall–Kier alpha value is -1.21. The molecule has 13 heavy (non-hydrogen) atoms. The third-order valence-electron chi connectivity index (χ3n) is 1.43. The first-order valence-electron chi connectivity index (χ1n) is 3.61. The molecule has 1 aromatic rings. The monoisotopic (exact) mass is 241 g/mol. The van der Waals surface area contributed by atoms with Crippen LogP contribution >= 0.6 is 15.9 Å². The van der Waals surface area contributed by atoms with Crippen molar-refractivity contribution in [2.75, 3.05) is 13.7 Å². The topological polar surface area (TPSA) is 42.2 Å². The van der Waals surface area contributed by atoms with Gasteiger partial charge in [-0.3, -0.25) is 0 Å². The van der Waals surface area contributed by atoms with Gasteiger partial charge in [0.15, 0.2) is 6.61 Å². The van der Waals surface area contributed by atoms with E-state index in [4.69, 9.17) is 14.7 Å². The van der Waals surface area contributed by atoms with Crippen LogP contribution < -0.4 is 9.47 Å². The maximum absolute atomic E-state index is 8.29. The number of benzene rings is 1. The average Bonchev–Trinajstić information content (AvgIpc) is 2.16. The molecule has 0 aliphatic carbocycles. The van der Waals surface area contributed by atoms with Gasteiger partial charge in [0, 0.05) is 6.07 Å². The quantitative estimate of drug-likeness (QED) is 0.816. The van der Waals surface area contributed by atoms with E-state index in [9.17, 15) is 0 Å². The first kappa shape index (κ1) is 9.87. The van der Waals surface area contributed by atoms with Crippen molar-refractivity contribution in [3.05, 3.63) is 22.7 Å². The summed E-state index contributed by atoms with van der Waals surface area (Å²) in [4.78, 5) is 0. The molecule has 0 saturated carbocycles. The molecule has 68 valence electrons. The lowest BCUT2D eigenvalue weighted by atomic mass is 10.3. The number of ether oxygens (including phenoxy) is 2. The minimum absolute atomic E-state index is 0.0464. The third kappa shape index (κ3) is 2.63. The molecule has 0 radical (unpaired) electrons. The van der Waals surface area contributed by atoms with Crippen molar-refractivity contribution >= 4 is 15.9 Å². The second kappa shape index (κ2) is 4.73. The Balaban J connectivity index is 2.81. The van der Waals surface area contributed by atoms with Crippen molar-refractivity contribution in [2.24, 2.45) is 0 Å². The van der Waals surface area contributed by atoms with Crippen molar-refractivity contribution in [1.82, 2.24) is 0 Å². The molecule has 0 aliphatic heterocycles. The van der Waals surface area contributed by atoms with E-state index in [2.05, 4.69) is 15.9 Å². The first-order chi connectivity index (χ1) is 6.27. The smallest absolute Gasteiger partial charge is 0.174 e. The summed E-state index contributed by atoms with van der Waals surface area (Å²) in [6.07, 6.45) is 0. The molecule has 0 N–H and O–H groups in total. The van der Waals surface area contributed by atoms with E-state index in [0.29, 0.717) is 11.5 Å². The Morgan fingerprint density at radius 3 is 2.92 bits per heavy atom. The van der Waals surface area contributed by atoms with Gasteiger partial charge < -0.3 is 9.47 Å². The molecule has 0 aromatic heterocycles. The molecular weight excluding hydrogens is 234 g/mol. The van der Waals surface area contributed by atoms with Crippen molar-refractivity contribution in [1.29, 1.82) is 5.26 Å². The fourth-order valence-corrected chi connectivity index (χ4v) is 1.25. The van der Waals surface area contributed by atoms with E-state index in [1.807, 2.05) is 12.1 Å². The van der Waals surface area contributed by atoms with Crippen LogP contribution in [0, 0.1) is 11.3 Å². The fourth-order valence-electron chi connectivity index (χ4n) is 0.846. The molecule has 1 rings (SSSR count). The summed E-state index contributed by atoms with van der Waals surface area (Å²) < 4.78 is 11.0. The molecule has 0 saturated heterocycles. The second-order valence-corrected chi connectivity index (χ2v) is 3.10. The van der Waals surface area contributed by atoms with Crippen molar-refractivity contribution in [2.45, 2.75) is 0 Å². The average molecular weight is 242 g/mol. The minimum Gasteiger partial charge on any atom is -0.495 e. The number of hydrogen-bond acceptors (Lipinski definition) is 3. The molecule has 1 aromatic carbocycles. The number of methoxy groups -OCH3 is 1. The van der Waals surface area contributed by atoms with Crippen LogP contribution in [0.25, 0.3) is 0 Å². The van der Waals surface area contributed by atoms with Crippen LogP contribution in [0.1, 0.15) is 0 Å². The zero-order chi connectivity index (χ0) is 9.68. The standard InChI is InChI=1S/C9H8BrNO2/c1-12-9-6-7(13-5-4-11)2-3-8(9)10/h2-3,6H,5H2,1H3. The summed E-state index contributed by atoms with van der Waals surface area (Å²) in [6, 6.07) is 7.20. The Labute approximate surface area is 85.0 Å². The summed E-state index contributed by atoms with van der Waals surface area (Å²) in [6.45, 7) is 0.0464. The molecule has 0 aliphatic rings. The van der Waals surface area contributed by atoms with Gasteiger partial charge in [0.2, 0.25) is 0 Å². The number of nitrogens with zero attached hydrogens (tertiary/aromatic N) is 1. The lowest BCUT2D eigenvalue weighted by Gasteiger charge is -2.05. The summed E-state index contributed by atoms with van der Waals surface area (Å²) in [5, 5.41) is 8.29. The molecule has 0 amide bonds. The number of nitriles is 1. The highest BCUT2D eigenvalue weighted by Gasteiger charge is 2.01. The highest BCUT2D eigenvalue weighted by atomic mass is 79.9. The molecule has 0 unspecified atom stereocenters. The summed E-state index contributed by atoms with van der Waals surface area (Å²) in [7, 11) is 1.58. The van der Waals surface area contributed by atoms with Gasteiger partial charge in [-0.25, -0.2) is 0 Å². The maximum Gasteiger partial charge on any atom is 0.174 e. The van der Waals surface area contributed by atoms with E-state index in [1.165, 1.54) is 0 Å². The molecule has 0 spiro atoms. The normalized spacial score (nSPS) is 9.00. The maximum atomic E-state index is 8.29. The highest BCUT2D eigenvalue weighted by Crippen LogP contribution is 2.28. The van der Waals surface area contributed by atoms with Gasteiger partial charge in [-0.05, 0) is 28.1 Å². The van der Waals surface area contributed by atoms with Crippen molar-refractivity contribution < 1.29 is 9.47 Å². The Morgan fingerprint density at radius 1 is 1.54 bits per heavy atom. The molecular formula is C9H8BrNO2. The first-order valence-corrected chi connectivity index (χ1v) is 4.40. The Bertz CT molecular complexity index is 333. The van der Waals surface area contributed by atoms with E-state index in [1.54, 1.807) is 19.2 Å². The van der Waals surface area contributed by atoms with Crippen LogP contribution in [0.5, 0.6) is 11.5 Å². The molecule has 0 bridgehead atoms. The minimum atomic E-state index is 0.0464. The van der Waals surface area contributed by atoms with Crippen LogP contribution in [0.2, 0.25) is 0 Å². The van der Waals surface area contributed by atoms with Gasteiger partial charge in [-0.15, -0.1) is 0 Å². The van der Waals surface area contributed by atoms with Crippen LogP contribution in [-0.2, 0) is 0 Å². The Morgan fingerprint density at radius 2 is 2.31 bits per heavy atom. The van der Waals surface area contributed by atoms with Gasteiger partial charge in [-0.1, -0.05) is 0 Å². The molecule has 4 heteroatoms. The summed E-state index contributed by atoms with van der Waals surface area (Å²) >= 11 is 3.31. The molecule has 3 nitrogen and oxygen atoms in total. The van der Waals surface area contributed by atoms with Gasteiger partial charge >= 0.3 is 0 Å². The summed E-state index contributed by atoms with van der Waals surface area (Å²) in [5.74, 6) is 1.32. The van der Waals surface area contributed by atoms with Gasteiger partial charge in [-0.2, -0.15) is 5.26 Å². The highest BCUT2D eigenvalue weighted by molar-refractivity contribution is 9.10. The van der Waals surface area contributed by atoms with Crippen LogP contribution in [0.3, 0.4) is 0 Å². The third-order valence-corrected chi connectivity index (χ3v) is 2.08. The van der Waals surface area contributed by atoms with Crippen LogP contribution in [-0.4, -0.2) is 13.7 Å². The molecule has 0 atom stereocenters. The number of hydrogen-bond donors (Lipinski definition) is 0. The van der Waals surface area contributed by atoms with E-state index >= 15 is 0 Å². The lowest BCUT2D eigenvalue weighted by molar-refractivity contribution is 0.361. The van der Waals surface area contributed by atoms with Crippen LogP contribution in [0.15, 0.2) is 22.7 Å². The zero-order valence-electron chi connectivity index (χ0n) is 7.08. The zero-order valence-corrected chi connectivity index (χ0v) is 8.67. The van der Waals surface area contributed by atoms with E-state index < -0.39 is 0 Å². The lowest BCUT2D eigenvalue weighted by Crippen LogP contribution is -1.94. The van der Waals surface area contributed by atoms with Gasteiger partial charge in [0.1, 0.15) is 17.6 Å². The SMILES string of the molecule is COc1cc(OCC#N)ccc1Br. The van der Waals surface area contributed by atoms with Gasteiger partial charge in [0.25, 0.3) is 0 Å². The summed E-state index contributed by atoms with van der Waals surface area (Å²) in [5.41, 5.74) is 0. The van der Waals surface area contributed by atoms with E-state index in [-0.39, 0.29) is 6.61 Å². The number of rotatable bonds is 3. The largest absolute Gasteiger partial charge is 0.495 e. The Kier molecular flexibility index (Phi) is 3.59. The predicted molar refractivity (Wildman–Crippen MR) is 51.8 cm³/mol. The number of halogens is 1. The van der Waals surface area contributed by atoms with Gasteiger partial charge in [0.05, 0.1) is 11.6 Å². The molecule has 0 heterocycles. The fraction of sp³-hybridized carbons (Fsp3) is 0.222. The van der Waals surface area contributed by atoms with Crippen molar-refractivity contribution in [3.8, 4) is 17.6 Å². The molecule has 0 fully saturated rings. The van der Waals surface area contributed by atoms with Crippen LogP contribution in [0.4, 0.5) is 0 Å². The van der Waals surface area contributed by atoms with E-state index in [0.717, 1.165) is 4.47 Å². The second-order valence-electron chi connectivity index (χ2n) is 2.24.